The molecule has 1 aromatic carbocycles. The minimum absolute atomic E-state index is 0.652. The number of hydrogen-bond acceptors (Lipinski definition) is 2. The van der Waals surface area contributed by atoms with Crippen molar-refractivity contribution >= 4 is 28.9 Å². The summed E-state index contributed by atoms with van der Waals surface area (Å²) in [6.45, 7) is 4.38. The van der Waals surface area contributed by atoms with Crippen LogP contribution in [0.4, 0.5) is 5.69 Å². The highest BCUT2D eigenvalue weighted by Crippen LogP contribution is 2.25. The van der Waals surface area contributed by atoms with Gasteiger partial charge >= 0.3 is 0 Å². The summed E-state index contributed by atoms with van der Waals surface area (Å²) in [6.07, 6.45) is 0.965. The molecule has 0 heterocycles. The quantitative estimate of drug-likeness (QED) is 0.772. The molecule has 2 nitrogen and oxygen atoms in total. The minimum atomic E-state index is 0.652. The van der Waals surface area contributed by atoms with E-state index in [1.165, 1.54) is 0 Å². The van der Waals surface area contributed by atoms with Crippen LogP contribution >= 0.6 is 23.2 Å². The lowest BCUT2D eigenvalue weighted by molar-refractivity contribution is 0.147. The summed E-state index contributed by atoms with van der Waals surface area (Å²) in [5.41, 5.74) is 0.914. The average Bonchev–Trinajstić information content (AvgIpc) is 2.20. The monoisotopic (exact) mass is 247 g/mol. The van der Waals surface area contributed by atoms with E-state index in [4.69, 9.17) is 27.9 Å². The maximum Gasteiger partial charge on any atom is 0.0652 e. The van der Waals surface area contributed by atoms with Crippen molar-refractivity contribution in [1.82, 2.24) is 0 Å². The van der Waals surface area contributed by atoms with Gasteiger partial charge in [0.25, 0.3) is 0 Å². The molecule has 0 aliphatic heterocycles. The van der Waals surface area contributed by atoms with Gasteiger partial charge in [-0.05, 0) is 31.5 Å². The van der Waals surface area contributed by atoms with Gasteiger partial charge in [0.2, 0.25) is 0 Å². The maximum atomic E-state index is 5.99. The van der Waals surface area contributed by atoms with Crippen LogP contribution in [-0.2, 0) is 4.74 Å². The Labute approximate surface area is 101 Å². The maximum absolute atomic E-state index is 5.99. The van der Waals surface area contributed by atoms with E-state index in [0.29, 0.717) is 10.0 Å². The highest BCUT2D eigenvalue weighted by Gasteiger charge is 1.99. The first kappa shape index (κ1) is 12.6. The van der Waals surface area contributed by atoms with Crippen LogP contribution in [0, 0.1) is 0 Å². The Hall–Kier alpha value is -0.440. The first-order chi connectivity index (χ1) is 7.24. The van der Waals surface area contributed by atoms with E-state index in [2.05, 4.69) is 5.32 Å². The predicted octanol–water partition coefficient (Wildman–Crippen LogP) is 3.83. The van der Waals surface area contributed by atoms with Crippen molar-refractivity contribution in [2.45, 2.75) is 13.3 Å². The average molecular weight is 248 g/mol. The van der Waals surface area contributed by atoms with E-state index < -0.39 is 0 Å². The van der Waals surface area contributed by atoms with Crippen molar-refractivity contribution in [1.29, 1.82) is 0 Å². The summed E-state index contributed by atoms with van der Waals surface area (Å²) in [4.78, 5) is 0. The molecular weight excluding hydrogens is 233 g/mol. The topological polar surface area (TPSA) is 21.3 Å². The molecular formula is C11H15Cl2NO. The number of hydrogen-bond donors (Lipinski definition) is 1. The van der Waals surface area contributed by atoms with Crippen LogP contribution in [0.5, 0.6) is 0 Å². The molecule has 1 aromatic rings. The van der Waals surface area contributed by atoms with E-state index in [-0.39, 0.29) is 0 Å². The zero-order valence-corrected chi connectivity index (χ0v) is 10.2. The first-order valence-electron chi connectivity index (χ1n) is 5.00. The van der Waals surface area contributed by atoms with Gasteiger partial charge in [-0.1, -0.05) is 23.2 Å². The normalized spacial score (nSPS) is 10.3. The largest absolute Gasteiger partial charge is 0.384 e. The second kappa shape index (κ2) is 6.94. The SMILES string of the molecule is CCOCCCNc1ccc(Cl)cc1Cl. The summed E-state index contributed by atoms with van der Waals surface area (Å²) in [5, 5.41) is 4.53. The van der Waals surface area contributed by atoms with Gasteiger partial charge in [-0.25, -0.2) is 0 Å². The Morgan fingerprint density at radius 1 is 1.33 bits per heavy atom. The molecule has 0 spiro atoms. The first-order valence-corrected chi connectivity index (χ1v) is 5.76. The lowest BCUT2D eigenvalue weighted by atomic mass is 10.3. The fourth-order valence-corrected chi connectivity index (χ4v) is 1.65. The van der Waals surface area contributed by atoms with E-state index in [1.54, 1.807) is 6.07 Å². The van der Waals surface area contributed by atoms with Crippen LogP contribution in [0.1, 0.15) is 13.3 Å². The molecule has 0 amide bonds. The van der Waals surface area contributed by atoms with E-state index in [0.717, 1.165) is 31.9 Å². The fraction of sp³-hybridized carbons (Fsp3) is 0.455. The predicted molar refractivity (Wildman–Crippen MR) is 66.1 cm³/mol. The van der Waals surface area contributed by atoms with Crippen molar-refractivity contribution in [3.05, 3.63) is 28.2 Å². The van der Waals surface area contributed by atoms with Crippen LogP contribution in [-0.4, -0.2) is 19.8 Å². The van der Waals surface area contributed by atoms with Crippen molar-refractivity contribution in [3.63, 3.8) is 0 Å². The number of anilines is 1. The Morgan fingerprint density at radius 3 is 2.80 bits per heavy atom. The van der Waals surface area contributed by atoms with E-state index in [9.17, 15) is 0 Å². The van der Waals surface area contributed by atoms with Crippen molar-refractivity contribution in [2.24, 2.45) is 0 Å². The summed E-state index contributed by atoms with van der Waals surface area (Å²) >= 11 is 11.8. The van der Waals surface area contributed by atoms with Crippen LogP contribution in [0.2, 0.25) is 10.0 Å². The Morgan fingerprint density at radius 2 is 2.13 bits per heavy atom. The van der Waals surface area contributed by atoms with Gasteiger partial charge in [-0.15, -0.1) is 0 Å². The Kier molecular flexibility index (Phi) is 5.84. The molecule has 0 bridgehead atoms. The third-order valence-corrected chi connectivity index (χ3v) is 2.46. The van der Waals surface area contributed by atoms with Crippen LogP contribution in [0.25, 0.3) is 0 Å². The van der Waals surface area contributed by atoms with Gasteiger partial charge in [0.05, 0.1) is 10.7 Å². The van der Waals surface area contributed by atoms with Crippen LogP contribution in [0.15, 0.2) is 18.2 Å². The molecule has 15 heavy (non-hydrogen) atoms. The molecule has 0 aliphatic rings. The molecule has 4 heteroatoms. The molecule has 0 atom stereocenters. The molecule has 0 saturated heterocycles. The van der Waals surface area contributed by atoms with Crippen molar-refractivity contribution in [3.8, 4) is 0 Å². The third kappa shape index (κ3) is 4.74. The lowest BCUT2D eigenvalue weighted by Gasteiger charge is -2.08. The number of ether oxygens (including phenoxy) is 1. The Bertz CT molecular complexity index is 305. The van der Waals surface area contributed by atoms with Crippen LogP contribution < -0.4 is 5.32 Å². The number of halogens is 2. The van der Waals surface area contributed by atoms with Gasteiger partial charge in [0, 0.05) is 24.8 Å². The van der Waals surface area contributed by atoms with E-state index in [1.807, 2.05) is 19.1 Å². The van der Waals surface area contributed by atoms with E-state index >= 15 is 0 Å². The molecule has 1 N–H and O–H groups in total. The number of benzene rings is 1. The molecule has 0 aromatic heterocycles. The van der Waals surface area contributed by atoms with Gasteiger partial charge in [0.15, 0.2) is 0 Å². The van der Waals surface area contributed by atoms with Crippen molar-refractivity contribution < 1.29 is 4.74 Å². The molecule has 0 unspecified atom stereocenters. The second-order valence-corrected chi connectivity index (χ2v) is 3.95. The zero-order valence-electron chi connectivity index (χ0n) is 8.72. The van der Waals surface area contributed by atoms with Gasteiger partial charge in [0.1, 0.15) is 0 Å². The van der Waals surface area contributed by atoms with Gasteiger partial charge in [-0.2, -0.15) is 0 Å². The highest BCUT2D eigenvalue weighted by atomic mass is 35.5. The molecule has 0 aliphatic carbocycles. The number of nitrogens with one attached hydrogen (secondary N) is 1. The summed E-state index contributed by atoms with van der Waals surface area (Å²) in [6, 6.07) is 5.43. The number of rotatable bonds is 6. The third-order valence-electron chi connectivity index (χ3n) is 1.92. The van der Waals surface area contributed by atoms with Gasteiger partial charge in [-0.3, -0.25) is 0 Å². The molecule has 0 radical (unpaired) electrons. The zero-order chi connectivity index (χ0) is 11.1. The highest BCUT2D eigenvalue weighted by molar-refractivity contribution is 6.36. The fourth-order valence-electron chi connectivity index (χ4n) is 1.17. The second-order valence-electron chi connectivity index (χ2n) is 3.10. The standard InChI is InChI=1S/C11H15Cl2NO/c1-2-15-7-3-6-14-11-5-4-9(12)8-10(11)13/h4-5,8,14H,2-3,6-7H2,1H3. The molecule has 0 fully saturated rings. The van der Waals surface area contributed by atoms with Crippen LogP contribution in [0.3, 0.4) is 0 Å². The molecule has 84 valence electrons. The minimum Gasteiger partial charge on any atom is -0.384 e. The van der Waals surface area contributed by atoms with Gasteiger partial charge < -0.3 is 10.1 Å². The van der Waals surface area contributed by atoms with Crippen molar-refractivity contribution in [2.75, 3.05) is 25.1 Å². The Balaban J connectivity index is 2.31. The molecule has 0 saturated carbocycles. The summed E-state index contributed by atoms with van der Waals surface area (Å²) in [7, 11) is 0. The summed E-state index contributed by atoms with van der Waals surface area (Å²) < 4.78 is 5.23. The smallest absolute Gasteiger partial charge is 0.0652 e. The molecule has 1 rings (SSSR count). The lowest BCUT2D eigenvalue weighted by Crippen LogP contribution is -2.05. The summed E-state index contributed by atoms with van der Waals surface area (Å²) in [5.74, 6) is 0.